The van der Waals surface area contributed by atoms with Gasteiger partial charge in [0.05, 0.1) is 0 Å². The molecule has 0 radical (unpaired) electrons. The van der Waals surface area contributed by atoms with E-state index in [0.717, 1.165) is 16.7 Å². The van der Waals surface area contributed by atoms with Crippen LogP contribution in [0.2, 0.25) is 0 Å². The fourth-order valence-electron chi connectivity index (χ4n) is 6.37. The van der Waals surface area contributed by atoms with Gasteiger partial charge in [-0.05, 0) is 62.7 Å². The molecule has 4 aliphatic rings. The first kappa shape index (κ1) is 22.2. The van der Waals surface area contributed by atoms with Crippen LogP contribution in [0.1, 0.15) is 17.5 Å². The fraction of sp³-hybridized carbons (Fsp3) is 0.0769. The molecule has 182 valence electrons. The highest BCUT2D eigenvalue weighted by Crippen LogP contribution is 2.50. The number of rotatable bonds is 3. The Kier molecular flexibility index (Phi) is 5.04. The predicted octanol–water partition coefficient (Wildman–Crippen LogP) is 7.60. The van der Waals surface area contributed by atoms with Gasteiger partial charge in [-0.2, -0.15) is 0 Å². The lowest BCUT2D eigenvalue weighted by molar-refractivity contribution is 1.02. The molecule has 2 bridgehead atoms. The Balaban J connectivity index is 1.53. The maximum absolute atomic E-state index is 3.95. The van der Waals surface area contributed by atoms with Crippen LogP contribution in [0.25, 0.3) is 27.5 Å². The van der Waals surface area contributed by atoms with Crippen LogP contribution in [0.4, 0.5) is 0 Å². The van der Waals surface area contributed by atoms with Gasteiger partial charge in [0.15, 0.2) is 0 Å². The van der Waals surface area contributed by atoms with Gasteiger partial charge in [-0.15, -0.1) is 11.5 Å². The molecule has 0 N–H and O–H groups in total. The van der Waals surface area contributed by atoms with Crippen molar-refractivity contribution in [3.63, 3.8) is 0 Å². The van der Waals surface area contributed by atoms with Crippen molar-refractivity contribution in [3.05, 3.63) is 183 Å². The average Bonchev–Trinajstić information content (AvgIpc) is 3.81. The van der Waals surface area contributed by atoms with Gasteiger partial charge in [-0.3, -0.25) is 0 Å². The van der Waals surface area contributed by atoms with Crippen LogP contribution in [0, 0.1) is 11.8 Å². The summed E-state index contributed by atoms with van der Waals surface area (Å²) >= 11 is 0. The van der Waals surface area contributed by atoms with Crippen molar-refractivity contribution in [1.29, 1.82) is 0 Å². The van der Waals surface area contributed by atoms with Crippen molar-refractivity contribution >= 4 is 27.5 Å². The molecule has 0 aliphatic heterocycles. The maximum atomic E-state index is 3.95. The van der Waals surface area contributed by atoms with E-state index in [4.69, 9.17) is 0 Å². The molecule has 4 aliphatic carbocycles. The molecule has 1 fully saturated rings. The Morgan fingerprint density at radius 2 is 1.23 bits per heavy atom. The standard InChI is InChI=1S/C39H26/c1-2-11-27(12-3-1)36-25-31(22-21-28-24-37(28)36)38-29-14-4-5-15-30(23-29)39(35-19-9-8-18-34(35)38)33-20-10-16-26-13-6-7-17-32(26)33/h1-22,28,37H,24H2. The zero-order valence-corrected chi connectivity index (χ0v) is 21.6. The van der Waals surface area contributed by atoms with Crippen LogP contribution in [0.5, 0.6) is 0 Å². The zero-order valence-electron chi connectivity index (χ0n) is 21.6. The average molecular weight is 495 g/mol. The van der Waals surface area contributed by atoms with E-state index in [9.17, 15) is 0 Å². The third-order valence-electron chi connectivity index (χ3n) is 8.31. The molecule has 0 aromatic heterocycles. The van der Waals surface area contributed by atoms with E-state index in [1.807, 2.05) is 0 Å². The number of hydrogen-bond acceptors (Lipinski definition) is 0. The van der Waals surface area contributed by atoms with Crippen LogP contribution in [0.15, 0.2) is 162 Å². The Bertz CT molecular complexity index is 2040. The Morgan fingerprint density at radius 3 is 2.08 bits per heavy atom. The van der Waals surface area contributed by atoms with Crippen molar-refractivity contribution in [1.82, 2.24) is 0 Å². The molecule has 4 aromatic rings. The minimum atomic E-state index is 0.548. The molecule has 0 saturated heterocycles. The summed E-state index contributed by atoms with van der Waals surface area (Å²) in [5, 5.41) is 4.97. The maximum Gasteiger partial charge on any atom is 0.0262 e. The molecule has 8 rings (SSSR count). The molecule has 0 heterocycles. The second-order valence-electron chi connectivity index (χ2n) is 10.7. The quantitative estimate of drug-likeness (QED) is 0.257. The van der Waals surface area contributed by atoms with E-state index in [-0.39, 0.29) is 0 Å². The summed E-state index contributed by atoms with van der Waals surface area (Å²) in [6.45, 7) is 0. The van der Waals surface area contributed by atoms with Gasteiger partial charge in [0.25, 0.3) is 0 Å². The SMILES string of the molecule is C1=C2C=CC=CC=1C(c1cccc3ccccc13)=c1ccccc1=C2C1=C=C(c2ccccc2)C2CC2C=C1. The highest BCUT2D eigenvalue weighted by Gasteiger charge is 2.39. The molecule has 4 aromatic carbocycles. The summed E-state index contributed by atoms with van der Waals surface area (Å²) in [6.07, 6.45) is 14.6. The van der Waals surface area contributed by atoms with Crippen LogP contribution in [0.3, 0.4) is 0 Å². The molecule has 39 heavy (non-hydrogen) atoms. The number of benzene rings is 4. The van der Waals surface area contributed by atoms with E-state index in [2.05, 4.69) is 145 Å². The first-order valence-corrected chi connectivity index (χ1v) is 13.8. The molecule has 1 saturated carbocycles. The van der Waals surface area contributed by atoms with Crippen molar-refractivity contribution in [3.8, 4) is 0 Å². The molecule has 0 amide bonds. The number of hydrogen-bond donors (Lipinski definition) is 0. The van der Waals surface area contributed by atoms with Crippen LogP contribution < -0.4 is 10.4 Å². The molecular formula is C39H26. The van der Waals surface area contributed by atoms with Crippen molar-refractivity contribution in [2.75, 3.05) is 0 Å². The minimum Gasteiger partial charge on any atom is -0.108 e. The Morgan fingerprint density at radius 1 is 0.564 bits per heavy atom. The van der Waals surface area contributed by atoms with E-state index in [1.54, 1.807) is 0 Å². The summed E-state index contributed by atoms with van der Waals surface area (Å²) in [6, 6.07) is 35.0. The van der Waals surface area contributed by atoms with Gasteiger partial charge in [0.1, 0.15) is 0 Å². The third kappa shape index (κ3) is 3.70. The lowest BCUT2D eigenvalue weighted by Gasteiger charge is -2.12. The van der Waals surface area contributed by atoms with E-state index < -0.39 is 0 Å². The van der Waals surface area contributed by atoms with Crippen molar-refractivity contribution in [2.45, 2.75) is 6.42 Å². The number of fused-ring (bicyclic) bond motifs is 3. The third-order valence-corrected chi connectivity index (χ3v) is 8.31. The lowest BCUT2D eigenvalue weighted by Crippen LogP contribution is -2.30. The van der Waals surface area contributed by atoms with Gasteiger partial charge in [-0.1, -0.05) is 121 Å². The summed E-state index contributed by atoms with van der Waals surface area (Å²) in [4.78, 5) is 0. The van der Waals surface area contributed by atoms with E-state index in [0.29, 0.717) is 11.8 Å². The van der Waals surface area contributed by atoms with Gasteiger partial charge >= 0.3 is 0 Å². The van der Waals surface area contributed by atoms with Crippen molar-refractivity contribution in [2.24, 2.45) is 11.8 Å². The topological polar surface area (TPSA) is 0 Å². The largest absolute Gasteiger partial charge is 0.108 e. The molecule has 2 atom stereocenters. The summed E-state index contributed by atoms with van der Waals surface area (Å²) in [5.74, 6) is 1.14. The molecule has 2 unspecified atom stereocenters. The van der Waals surface area contributed by atoms with Crippen molar-refractivity contribution < 1.29 is 0 Å². The van der Waals surface area contributed by atoms with Crippen LogP contribution in [-0.4, -0.2) is 0 Å². The normalized spacial score (nSPS) is 20.6. The summed E-state index contributed by atoms with van der Waals surface area (Å²) < 4.78 is 0. The van der Waals surface area contributed by atoms with Gasteiger partial charge in [-0.25, -0.2) is 0 Å². The van der Waals surface area contributed by atoms with E-state index >= 15 is 0 Å². The minimum absolute atomic E-state index is 0.548. The van der Waals surface area contributed by atoms with Gasteiger partial charge < -0.3 is 0 Å². The molecular weight excluding hydrogens is 468 g/mol. The van der Waals surface area contributed by atoms with Gasteiger partial charge in [0.2, 0.25) is 0 Å². The second kappa shape index (κ2) is 8.87. The first-order valence-electron chi connectivity index (χ1n) is 13.8. The highest BCUT2D eigenvalue weighted by atomic mass is 14.4. The summed E-state index contributed by atoms with van der Waals surface area (Å²) in [5.41, 5.74) is 17.4. The highest BCUT2D eigenvalue weighted by molar-refractivity contribution is 6.00. The zero-order chi connectivity index (χ0) is 25.8. The van der Waals surface area contributed by atoms with Gasteiger partial charge in [0, 0.05) is 33.4 Å². The summed E-state index contributed by atoms with van der Waals surface area (Å²) in [7, 11) is 0. The van der Waals surface area contributed by atoms with Crippen LogP contribution in [-0.2, 0) is 0 Å². The predicted molar refractivity (Wildman–Crippen MR) is 162 cm³/mol. The first-order chi connectivity index (χ1) is 19.3. The number of allylic oxidation sites excluding steroid dienone is 8. The Labute approximate surface area is 228 Å². The monoisotopic (exact) mass is 494 g/mol. The molecule has 0 nitrogen and oxygen atoms in total. The molecule has 0 spiro atoms. The van der Waals surface area contributed by atoms with Crippen LogP contribution >= 0.6 is 0 Å². The smallest absolute Gasteiger partial charge is 0.0262 e. The molecule has 0 heteroatoms. The van der Waals surface area contributed by atoms with E-state index in [1.165, 1.54) is 55.5 Å². The second-order valence-corrected chi connectivity index (χ2v) is 10.7. The lowest BCUT2D eigenvalue weighted by atomic mass is 9.90. The Hall–Kier alpha value is -4.86. The fourth-order valence-corrected chi connectivity index (χ4v) is 6.37.